The number of hydrogen-bond donors (Lipinski definition) is 1. The quantitative estimate of drug-likeness (QED) is 0.251. The summed E-state index contributed by atoms with van der Waals surface area (Å²) in [4.78, 5) is 26.9. The summed E-state index contributed by atoms with van der Waals surface area (Å²) in [6.07, 6.45) is 9.20. The lowest BCUT2D eigenvalue weighted by molar-refractivity contribution is -0.131. The maximum absolute atomic E-state index is 12.8. The molecular weight excluding hydrogens is 452 g/mol. The highest BCUT2D eigenvalue weighted by Crippen LogP contribution is 2.49. The van der Waals surface area contributed by atoms with E-state index in [0.29, 0.717) is 11.7 Å². The molecule has 1 saturated heterocycles. The lowest BCUT2D eigenvalue weighted by atomic mass is 9.58. The SMILES string of the molecule is C=CCN1CCC2(c3cccc(OC(C)=O)c3)CC(NC(=O)C=Cc3cccc(OC)c3)CCC2C1. The van der Waals surface area contributed by atoms with Crippen molar-refractivity contribution in [3.63, 3.8) is 0 Å². The first-order valence-electron chi connectivity index (χ1n) is 12.7. The molecule has 6 heteroatoms. The highest BCUT2D eigenvalue weighted by molar-refractivity contribution is 5.92. The van der Waals surface area contributed by atoms with Gasteiger partial charge in [0.25, 0.3) is 0 Å². The molecule has 0 spiro atoms. The van der Waals surface area contributed by atoms with Crippen molar-refractivity contribution in [2.24, 2.45) is 5.92 Å². The maximum atomic E-state index is 12.8. The molecule has 2 aromatic rings. The van der Waals surface area contributed by atoms with Gasteiger partial charge in [0.15, 0.2) is 0 Å². The van der Waals surface area contributed by atoms with E-state index in [1.807, 2.05) is 54.6 Å². The van der Waals surface area contributed by atoms with Crippen LogP contribution in [0.3, 0.4) is 0 Å². The van der Waals surface area contributed by atoms with Crippen LogP contribution in [0.5, 0.6) is 11.5 Å². The van der Waals surface area contributed by atoms with Crippen LogP contribution in [0.15, 0.2) is 67.3 Å². The van der Waals surface area contributed by atoms with Crippen LogP contribution in [-0.4, -0.2) is 49.6 Å². The smallest absolute Gasteiger partial charge is 0.308 e. The average molecular weight is 489 g/mol. The van der Waals surface area contributed by atoms with E-state index in [1.54, 1.807) is 13.2 Å². The van der Waals surface area contributed by atoms with Gasteiger partial charge in [-0.25, -0.2) is 0 Å². The third-order valence-electron chi connectivity index (χ3n) is 7.53. The Bertz CT molecular complexity index is 1130. The number of fused-ring (bicyclic) bond motifs is 1. The molecule has 3 atom stereocenters. The van der Waals surface area contributed by atoms with Gasteiger partial charge in [0.1, 0.15) is 11.5 Å². The van der Waals surface area contributed by atoms with Crippen molar-refractivity contribution in [1.29, 1.82) is 0 Å². The fourth-order valence-electron chi connectivity index (χ4n) is 5.89. The van der Waals surface area contributed by atoms with E-state index in [-0.39, 0.29) is 23.3 Å². The van der Waals surface area contributed by atoms with E-state index in [4.69, 9.17) is 9.47 Å². The molecule has 1 aliphatic carbocycles. The lowest BCUT2D eigenvalue weighted by Gasteiger charge is -2.53. The summed E-state index contributed by atoms with van der Waals surface area (Å²) in [7, 11) is 1.63. The Labute approximate surface area is 214 Å². The lowest BCUT2D eigenvalue weighted by Crippen LogP contribution is -2.56. The summed E-state index contributed by atoms with van der Waals surface area (Å²) in [5, 5.41) is 3.26. The van der Waals surface area contributed by atoms with E-state index >= 15 is 0 Å². The molecule has 0 aromatic heterocycles. The number of esters is 1. The number of benzene rings is 2. The zero-order chi connectivity index (χ0) is 25.5. The van der Waals surface area contributed by atoms with Crippen molar-refractivity contribution in [2.45, 2.75) is 44.1 Å². The molecule has 1 saturated carbocycles. The van der Waals surface area contributed by atoms with Crippen molar-refractivity contribution < 1.29 is 19.1 Å². The minimum atomic E-state index is -0.321. The maximum Gasteiger partial charge on any atom is 0.308 e. The van der Waals surface area contributed by atoms with Crippen LogP contribution in [-0.2, 0) is 15.0 Å². The van der Waals surface area contributed by atoms with Gasteiger partial charge in [-0.2, -0.15) is 0 Å². The summed E-state index contributed by atoms with van der Waals surface area (Å²) in [6, 6.07) is 15.7. The minimum Gasteiger partial charge on any atom is -0.497 e. The topological polar surface area (TPSA) is 67.9 Å². The van der Waals surface area contributed by atoms with Crippen LogP contribution in [0.2, 0.25) is 0 Å². The predicted octanol–water partition coefficient (Wildman–Crippen LogP) is 4.75. The number of piperidine rings is 1. The molecule has 4 rings (SSSR count). The number of rotatable bonds is 8. The van der Waals surface area contributed by atoms with Crippen LogP contribution < -0.4 is 14.8 Å². The molecule has 1 amide bonds. The molecular formula is C30H36N2O4. The molecule has 0 bridgehead atoms. The van der Waals surface area contributed by atoms with Crippen molar-refractivity contribution in [2.75, 3.05) is 26.7 Å². The van der Waals surface area contributed by atoms with Gasteiger partial charge in [0.2, 0.25) is 5.91 Å². The van der Waals surface area contributed by atoms with Gasteiger partial charge < -0.3 is 14.8 Å². The monoisotopic (exact) mass is 488 g/mol. The molecule has 2 aromatic carbocycles. The Kier molecular flexibility index (Phi) is 8.26. The zero-order valence-corrected chi connectivity index (χ0v) is 21.2. The molecule has 1 N–H and O–H groups in total. The summed E-state index contributed by atoms with van der Waals surface area (Å²) >= 11 is 0. The van der Waals surface area contributed by atoms with E-state index in [2.05, 4.69) is 22.9 Å². The van der Waals surface area contributed by atoms with E-state index in [9.17, 15) is 9.59 Å². The van der Waals surface area contributed by atoms with E-state index in [0.717, 1.165) is 56.6 Å². The first kappa shape index (κ1) is 25.7. The second-order valence-corrected chi connectivity index (χ2v) is 9.87. The fourth-order valence-corrected chi connectivity index (χ4v) is 5.89. The molecule has 1 aliphatic heterocycles. The van der Waals surface area contributed by atoms with E-state index < -0.39 is 0 Å². The van der Waals surface area contributed by atoms with Crippen molar-refractivity contribution >= 4 is 18.0 Å². The molecule has 190 valence electrons. The van der Waals surface area contributed by atoms with Gasteiger partial charge in [-0.1, -0.05) is 30.3 Å². The van der Waals surface area contributed by atoms with Crippen LogP contribution in [0.25, 0.3) is 6.08 Å². The zero-order valence-electron chi connectivity index (χ0n) is 21.2. The van der Waals surface area contributed by atoms with Crippen LogP contribution in [0.4, 0.5) is 0 Å². The molecule has 36 heavy (non-hydrogen) atoms. The van der Waals surface area contributed by atoms with Gasteiger partial charge in [-0.05, 0) is 79.6 Å². The third kappa shape index (κ3) is 6.05. The Balaban J connectivity index is 1.52. The van der Waals surface area contributed by atoms with Crippen molar-refractivity contribution in [3.05, 3.63) is 78.4 Å². The highest BCUT2D eigenvalue weighted by Gasteiger charge is 2.48. The van der Waals surface area contributed by atoms with Gasteiger partial charge in [-0.3, -0.25) is 14.5 Å². The summed E-state index contributed by atoms with van der Waals surface area (Å²) in [5.74, 6) is 1.39. The molecule has 3 unspecified atom stereocenters. The van der Waals surface area contributed by atoms with Crippen molar-refractivity contribution in [3.8, 4) is 11.5 Å². The predicted molar refractivity (Wildman–Crippen MR) is 142 cm³/mol. The van der Waals surface area contributed by atoms with Crippen LogP contribution in [0.1, 0.15) is 43.7 Å². The van der Waals surface area contributed by atoms with Gasteiger partial charge in [-0.15, -0.1) is 6.58 Å². The number of likely N-dealkylation sites (tertiary alicyclic amines) is 1. The van der Waals surface area contributed by atoms with Crippen LogP contribution in [0, 0.1) is 5.92 Å². The number of carbonyl (C=O) groups is 2. The third-order valence-corrected chi connectivity index (χ3v) is 7.53. The number of nitrogens with one attached hydrogen (secondary N) is 1. The molecule has 2 fully saturated rings. The molecule has 0 radical (unpaired) electrons. The number of nitrogens with zero attached hydrogens (tertiary/aromatic N) is 1. The largest absolute Gasteiger partial charge is 0.497 e. The molecule has 1 heterocycles. The molecule has 2 aliphatic rings. The first-order valence-corrected chi connectivity index (χ1v) is 12.7. The number of ether oxygens (including phenoxy) is 2. The Morgan fingerprint density at radius 1 is 1.17 bits per heavy atom. The second-order valence-electron chi connectivity index (χ2n) is 9.87. The standard InChI is InChI=1S/C30H36N2O4/c1-4-16-32-17-15-30(24-8-6-10-28(19-24)36-22(2)33)20-26(13-12-25(30)21-32)31-29(34)14-11-23-7-5-9-27(18-23)35-3/h4-11,14,18-19,25-26H,1,12-13,15-17,20-21H2,2-3H3,(H,31,34). The Hall–Kier alpha value is -3.38. The number of hydrogen-bond acceptors (Lipinski definition) is 5. The summed E-state index contributed by atoms with van der Waals surface area (Å²) in [5.41, 5.74) is 2.03. The number of carbonyl (C=O) groups excluding carboxylic acids is 2. The Morgan fingerprint density at radius 2 is 1.97 bits per heavy atom. The first-order chi connectivity index (χ1) is 17.4. The van der Waals surface area contributed by atoms with Crippen LogP contribution >= 0.6 is 0 Å². The Morgan fingerprint density at radius 3 is 2.75 bits per heavy atom. The number of methoxy groups -OCH3 is 1. The van der Waals surface area contributed by atoms with E-state index in [1.165, 1.54) is 12.5 Å². The second kappa shape index (κ2) is 11.6. The summed E-state index contributed by atoms with van der Waals surface area (Å²) < 4.78 is 10.7. The molecule has 6 nitrogen and oxygen atoms in total. The van der Waals surface area contributed by atoms with Gasteiger partial charge in [0.05, 0.1) is 7.11 Å². The highest BCUT2D eigenvalue weighted by atomic mass is 16.5. The van der Waals surface area contributed by atoms with Gasteiger partial charge >= 0.3 is 5.97 Å². The summed E-state index contributed by atoms with van der Waals surface area (Å²) in [6.45, 7) is 8.19. The van der Waals surface area contributed by atoms with Gasteiger partial charge in [0, 0.05) is 37.5 Å². The normalized spacial score (nSPS) is 24.1. The average Bonchev–Trinajstić information content (AvgIpc) is 2.87. The number of amides is 1. The van der Waals surface area contributed by atoms with Crippen molar-refractivity contribution in [1.82, 2.24) is 10.2 Å². The minimum absolute atomic E-state index is 0.0760. The fraction of sp³-hybridized carbons (Fsp3) is 0.400.